The largest absolute Gasteiger partial charge is 0.435 e. The third-order valence-corrected chi connectivity index (χ3v) is 4.85. The summed E-state index contributed by atoms with van der Waals surface area (Å²) in [4.78, 5) is 14.3. The molecule has 0 bridgehead atoms. The first-order valence-corrected chi connectivity index (χ1v) is 9.09. The summed E-state index contributed by atoms with van der Waals surface area (Å²) in [5, 5.41) is 3.50. The van der Waals surface area contributed by atoms with Gasteiger partial charge >= 0.3 is 6.61 Å². The highest BCUT2D eigenvalue weighted by Crippen LogP contribution is 2.34. The van der Waals surface area contributed by atoms with Crippen molar-refractivity contribution in [1.82, 2.24) is 0 Å². The quantitative estimate of drug-likeness (QED) is 0.519. The molecule has 3 nitrogen and oxygen atoms in total. The fourth-order valence-corrected chi connectivity index (χ4v) is 3.30. The molecule has 3 rings (SSSR count). The minimum absolute atomic E-state index is 0.000226. The molecule has 0 fully saturated rings. The summed E-state index contributed by atoms with van der Waals surface area (Å²) >= 11 is 7.40. The summed E-state index contributed by atoms with van der Waals surface area (Å²) < 4.78 is 28.7. The second-order valence-corrected chi connectivity index (χ2v) is 6.96. The number of para-hydroxylation sites is 1. The molecule has 3 aromatic carbocycles. The number of carbonyl (C=O) groups is 1. The van der Waals surface area contributed by atoms with Gasteiger partial charge in [0.25, 0.3) is 5.91 Å². The topological polar surface area (TPSA) is 38.3 Å². The van der Waals surface area contributed by atoms with Crippen LogP contribution in [-0.4, -0.2) is 12.5 Å². The van der Waals surface area contributed by atoms with Crippen molar-refractivity contribution in [2.75, 3.05) is 5.32 Å². The summed E-state index contributed by atoms with van der Waals surface area (Å²) in [7, 11) is 0. The van der Waals surface area contributed by atoms with Gasteiger partial charge in [0.05, 0.1) is 5.69 Å². The molecule has 0 atom stereocenters. The van der Waals surface area contributed by atoms with Crippen molar-refractivity contribution in [3.8, 4) is 5.75 Å². The van der Waals surface area contributed by atoms with Crippen LogP contribution < -0.4 is 10.1 Å². The van der Waals surface area contributed by atoms with Gasteiger partial charge in [-0.25, -0.2) is 0 Å². The summed E-state index contributed by atoms with van der Waals surface area (Å²) in [5.74, 6) is -0.344. The summed E-state index contributed by atoms with van der Waals surface area (Å²) in [5.41, 5.74) is 0.985. The molecule has 138 valence electrons. The molecule has 1 N–H and O–H groups in total. The van der Waals surface area contributed by atoms with Crippen LogP contribution in [0.2, 0.25) is 5.02 Å². The van der Waals surface area contributed by atoms with Crippen LogP contribution in [-0.2, 0) is 0 Å². The fourth-order valence-electron chi connectivity index (χ4n) is 2.27. The standard InChI is InChI=1S/C20H14ClF2NO2S/c21-14-7-11-16(12-8-14)27-18-4-2-1-3-17(18)24-19(25)13-5-9-15(10-6-13)26-20(22)23/h1-12,20H,(H,24,25). The van der Waals surface area contributed by atoms with Gasteiger partial charge in [0.1, 0.15) is 5.75 Å². The zero-order chi connectivity index (χ0) is 19.2. The third kappa shape index (κ3) is 5.45. The van der Waals surface area contributed by atoms with E-state index in [9.17, 15) is 13.6 Å². The summed E-state index contributed by atoms with van der Waals surface area (Å²) in [6, 6.07) is 20.3. The number of amides is 1. The third-order valence-electron chi connectivity index (χ3n) is 3.52. The van der Waals surface area contributed by atoms with E-state index in [0.717, 1.165) is 9.79 Å². The van der Waals surface area contributed by atoms with Crippen molar-refractivity contribution in [2.24, 2.45) is 0 Å². The molecule has 0 aliphatic carbocycles. The van der Waals surface area contributed by atoms with Crippen LogP contribution in [0.5, 0.6) is 5.75 Å². The van der Waals surface area contributed by atoms with E-state index in [4.69, 9.17) is 11.6 Å². The Morgan fingerprint density at radius 2 is 1.63 bits per heavy atom. The molecule has 0 saturated heterocycles. The van der Waals surface area contributed by atoms with Crippen molar-refractivity contribution >= 4 is 35.0 Å². The summed E-state index contributed by atoms with van der Waals surface area (Å²) in [6.45, 7) is -2.90. The van der Waals surface area contributed by atoms with E-state index in [2.05, 4.69) is 10.1 Å². The highest BCUT2D eigenvalue weighted by atomic mass is 35.5. The van der Waals surface area contributed by atoms with E-state index in [1.807, 2.05) is 30.3 Å². The number of nitrogens with one attached hydrogen (secondary N) is 1. The van der Waals surface area contributed by atoms with Gasteiger partial charge in [0, 0.05) is 20.4 Å². The highest BCUT2D eigenvalue weighted by Gasteiger charge is 2.11. The van der Waals surface area contributed by atoms with Gasteiger partial charge in [-0.2, -0.15) is 8.78 Å². The van der Waals surface area contributed by atoms with Gasteiger partial charge in [-0.05, 0) is 60.7 Å². The maximum atomic E-state index is 12.5. The van der Waals surface area contributed by atoms with Crippen LogP contribution in [0.25, 0.3) is 0 Å². The van der Waals surface area contributed by atoms with Crippen LogP contribution in [0.4, 0.5) is 14.5 Å². The number of benzene rings is 3. The van der Waals surface area contributed by atoms with E-state index >= 15 is 0 Å². The first kappa shape index (κ1) is 19.2. The minimum atomic E-state index is -2.90. The lowest BCUT2D eigenvalue weighted by Gasteiger charge is -2.11. The van der Waals surface area contributed by atoms with Crippen molar-refractivity contribution < 1.29 is 18.3 Å². The van der Waals surface area contributed by atoms with Crippen LogP contribution >= 0.6 is 23.4 Å². The maximum absolute atomic E-state index is 12.5. The predicted molar refractivity (Wildman–Crippen MR) is 103 cm³/mol. The number of carbonyl (C=O) groups excluding carboxylic acids is 1. The van der Waals surface area contributed by atoms with E-state index < -0.39 is 6.61 Å². The van der Waals surface area contributed by atoms with Gasteiger partial charge in [-0.1, -0.05) is 35.5 Å². The molecular weight excluding hydrogens is 392 g/mol. The highest BCUT2D eigenvalue weighted by molar-refractivity contribution is 7.99. The normalized spacial score (nSPS) is 10.7. The Kier molecular flexibility index (Phi) is 6.32. The van der Waals surface area contributed by atoms with E-state index in [0.29, 0.717) is 16.3 Å². The zero-order valence-electron chi connectivity index (χ0n) is 13.9. The Morgan fingerprint density at radius 3 is 2.30 bits per heavy atom. The number of ether oxygens (including phenoxy) is 1. The molecule has 0 spiro atoms. The maximum Gasteiger partial charge on any atom is 0.387 e. The molecule has 3 aromatic rings. The Labute approximate surface area is 164 Å². The van der Waals surface area contributed by atoms with Crippen molar-refractivity contribution in [1.29, 1.82) is 0 Å². The molecule has 0 saturated carbocycles. The van der Waals surface area contributed by atoms with E-state index in [1.165, 1.54) is 36.0 Å². The Bertz CT molecular complexity index is 918. The first-order valence-electron chi connectivity index (χ1n) is 7.90. The fraction of sp³-hybridized carbons (Fsp3) is 0.0500. The molecule has 0 heterocycles. The van der Waals surface area contributed by atoms with Gasteiger partial charge in [-0.15, -0.1) is 0 Å². The first-order chi connectivity index (χ1) is 13.0. The van der Waals surface area contributed by atoms with Gasteiger partial charge in [0.2, 0.25) is 0 Å². The van der Waals surface area contributed by atoms with Gasteiger partial charge in [0.15, 0.2) is 0 Å². The molecule has 0 aliphatic heterocycles. The van der Waals surface area contributed by atoms with Crippen molar-refractivity contribution in [3.05, 3.63) is 83.4 Å². The van der Waals surface area contributed by atoms with Crippen LogP contribution in [0, 0.1) is 0 Å². The van der Waals surface area contributed by atoms with Crippen LogP contribution in [0.3, 0.4) is 0 Å². The average molecular weight is 406 g/mol. The SMILES string of the molecule is O=C(Nc1ccccc1Sc1ccc(Cl)cc1)c1ccc(OC(F)F)cc1. The molecule has 0 radical (unpaired) electrons. The molecule has 0 aliphatic rings. The molecule has 1 amide bonds. The lowest BCUT2D eigenvalue weighted by molar-refractivity contribution is -0.0498. The second kappa shape index (κ2) is 8.88. The average Bonchev–Trinajstić information content (AvgIpc) is 2.65. The predicted octanol–water partition coefficient (Wildman–Crippen LogP) is 6.34. The van der Waals surface area contributed by atoms with Crippen LogP contribution in [0.1, 0.15) is 10.4 Å². The molecule has 27 heavy (non-hydrogen) atoms. The zero-order valence-corrected chi connectivity index (χ0v) is 15.4. The molecule has 7 heteroatoms. The van der Waals surface area contributed by atoms with Gasteiger partial charge < -0.3 is 10.1 Å². The molecule has 0 aromatic heterocycles. The number of rotatable bonds is 6. The van der Waals surface area contributed by atoms with Crippen molar-refractivity contribution in [3.63, 3.8) is 0 Å². The smallest absolute Gasteiger partial charge is 0.387 e. The minimum Gasteiger partial charge on any atom is -0.435 e. The second-order valence-electron chi connectivity index (χ2n) is 5.41. The number of anilines is 1. The Hall–Kier alpha value is -2.57. The number of alkyl halides is 2. The Balaban J connectivity index is 1.73. The summed E-state index contributed by atoms with van der Waals surface area (Å²) in [6.07, 6.45) is 0. The van der Waals surface area contributed by atoms with E-state index in [1.54, 1.807) is 18.2 Å². The molecular formula is C20H14ClF2NO2S. The van der Waals surface area contributed by atoms with Crippen LogP contribution in [0.15, 0.2) is 82.6 Å². The lowest BCUT2D eigenvalue weighted by Crippen LogP contribution is -2.12. The number of hydrogen-bond acceptors (Lipinski definition) is 3. The monoisotopic (exact) mass is 405 g/mol. The van der Waals surface area contributed by atoms with Crippen molar-refractivity contribution in [2.45, 2.75) is 16.4 Å². The Morgan fingerprint density at radius 1 is 0.963 bits per heavy atom. The van der Waals surface area contributed by atoms with Gasteiger partial charge in [-0.3, -0.25) is 4.79 Å². The number of hydrogen-bond donors (Lipinski definition) is 1. The lowest BCUT2D eigenvalue weighted by atomic mass is 10.2. The van der Waals surface area contributed by atoms with E-state index in [-0.39, 0.29) is 11.7 Å². The molecule has 0 unspecified atom stereocenters. The number of halogens is 3.